The van der Waals surface area contributed by atoms with E-state index in [-0.39, 0.29) is 23.2 Å². The number of benzene rings is 1. The largest absolute Gasteiger partial charge is 0.573 e. The fraction of sp³-hybridized carbons (Fsp3) is 0.360. The number of urea groups is 1. The number of piperazine rings is 1. The fourth-order valence-electron chi connectivity index (χ4n) is 3.67. The molecule has 0 atom stereocenters. The molecular weight excluding hydrogens is 663 g/mol. The molecule has 0 spiro atoms. The summed E-state index contributed by atoms with van der Waals surface area (Å²) in [6, 6.07) is 7.97. The summed E-state index contributed by atoms with van der Waals surface area (Å²) in [4.78, 5) is 37.8. The van der Waals surface area contributed by atoms with E-state index >= 15 is 0 Å². The molecule has 46 heavy (non-hydrogen) atoms. The number of carbonyl (C=O) groups excluding carboxylic acids is 2. The predicted molar refractivity (Wildman–Crippen MR) is 161 cm³/mol. The molecular formula is C25H32F3N7O9S2. The number of imidazole rings is 1. The van der Waals surface area contributed by atoms with Crippen LogP contribution in [0.2, 0.25) is 0 Å². The minimum Gasteiger partial charge on any atom is -0.406 e. The molecule has 0 radical (unpaired) electrons. The smallest absolute Gasteiger partial charge is 0.406 e. The number of aromatic nitrogens is 3. The number of pyridine rings is 1. The molecule has 1 aliphatic heterocycles. The second kappa shape index (κ2) is 15.7. The first kappa shape index (κ1) is 37.7. The normalized spacial score (nSPS) is 13.4. The first-order chi connectivity index (χ1) is 21.1. The van der Waals surface area contributed by atoms with Gasteiger partial charge in [-0.15, -0.1) is 13.2 Å². The van der Waals surface area contributed by atoms with Crippen LogP contribution >= 0.6 is 0 Å². The molecule has 1 aliphatic rings. The highest BCUT2D eigenvalue weighted by Crippen LogP contribution is 2.24. The number of nitrogens with zero attached hydrogens (tertiary/aromatic N) is 5. The predicted octanol–water partition coefficient (Wildman–Crippen LogP) is 2.64. The van der Waals surface area contributed by atoms with Gasteiger partial charge in [0.05, 0.1) is 12.5 Å². The summed E-state index contributed by atoms with van der Waals surface area (Å²) in [5, 5.41) is 5.00. The Kier molecular flexibility index (Phi) is 12.9. The van der Waals surface area contributed by atoms with Crippen molar-refractivity contribution in [1.82, 2.24) is 19.4 Å². The van der Waals surface area contributed by atoms with Crippen LogP contribution in [0, 0.1) is 6.92 Å². The van der Waals surface area contributed by atoms with E-state index in [1.807, 2.05) is 25.3 Å². The molecule has 254 valence electrons. The van der Waals surface area contributed by atoms with Gasteiger partial charge < -0.3 is 24.4 Å². The molecule has 2 aromatic heterocycles. The van der Waals surface area contributed by atoms with Crippen molar-refractivity contribution in [1.29, 1.82) is 0 Å². The van der Waals surface area contributed by atoms with Gasteiger partial charge in [0.15, 0.2) is 5.82 Å². The summed E-state index contributed by atoms with van der Waals surface area (Å²) in [5.74, 6) is 0.517. The molecule has 1 saturated heterocycles. The van der Waals surface area contributed by atoms with Crippen molar-refractivity contribution in [3.05, 3.63) is 60.2 Å². The molecule has 0 saturated carbocycles. The second-order valence-corrected chi connectivity index (χ2v) is 12.6. The Balaban J connectivity index is 0.000000642. The number of hydrogen-bond acceptors (Lipinski definition) is 10. The SMILES string of the molecule is CS(=O)(=O)O.CS(=O)(=O)O.Cc1ccc(N2CCN(C(=O)c3nc(NC(=O)Nc4ccc(OC(F)(F)F)cc4)cn3C)CC2)nc1. The molecule has 21 heteroatoms. The maximum absolute atomic E-state index is 13.0. The summed E-state index contributed by atoms with van der Waals surface area (Å²) in [6.45, 7) is 4.23. The third-order valence-electron chi connectivity index (χ3n) is 5.44. The van der Waals surface area contributed by atoms with E-state index in [4.69, 9.17) is 9.11 Å². The third-order valence-corrected chi connectivity index (χ3v) is 5.44. The number of carbonyl (C=O) groups is 2. The first-order valence-corrected chi connectivity index (χ1v) is 16.6. The van der Waals surface area contributed by atoms with Gasteiger partial charge in [0.2, 0.25) is 5.82 Å². The van der Waals surface area contributed by atoms with Crippen LogP contribution in [0.3, 0.4) is 0 Å². The van der Waals surface area contributed by atoms with Crippen LogP contribution in [0.5, 0.6) is 5.75 Å². The van der Waals surface area contributed by atoms with Crippen molar-refractivity contribution in [2.75, 3.05) is 54.2 Å². The molecule has 16 nitrogen and oxygen atoms in total. The third kappa shape index (κ3) is 15.0. The minimum atomic E-state index is -4.80. The van der Waals surface area contributed by atoms with Gasteiger partial charge >= 0.3 is 12.4 Å². The lowest BCUT2D eigenvalue weighted by Crippen LogP contribution is -2.49. The van der Waals surface area contributed by atoms with E-state index in [0.29, 0.717) is 38.7 Å². The minimum absolute atomic E-state index is 0.151. The maximum atomic E-state index is 13.0. The van der Waals surface area contributed by atoms with Gasteiger partial charge in [0.25, 0.3) is 26.1 Å². The lowest BCUT2D eigenvalue weighted by Gasteiger charge is -2.35. The fourth-order valence-corrected chi connectivity index (χ4v) is 3.67. The number of nitrogens with one attached hydrogen (secondary N) is 2. The van der Waals surface area contributed by atoms with Gasteiger partial charge in [0.1, 0.15) is 11.6 Å². The summed E-state index contributed by atoms with van der Waals surface area (Å²) in [7, 11) is -5.69. The number of alkyl halides is 3. The highest BCUT2D eigenvalue weighted by molar-refractivity contribution is 7.85. The molecule has 0 bridgehead atoms. The van der Waals surface area contributed by atoms with E-state index in [1.165, 1.54) is 22.9 Å². The van der Waals surface area contributed by atoms with Crippen LogP contribution in [0.1, 0.15) is 16.2 Å². The zero-order valence-electron chi connectivity index (χ0n) is 24.9. The Morgan fingerprint density at radius 3 is 1.93 bits per heavy atom. The number of ether oxygens (including phenoxy) is 1. The summed E-state index contributed by atoms with van der Waals surface area (Å²) < 4.78 is 93.8. The quantitative estimate of drug-likeness (QED) is 0.284. The number of hydrogen-bond donors (Lipinski definition) is 4. The lowest BCUT2D eigenvalue weighted by atomic mass is 10.2. The number of halogens is 3. The molecule has 1 aromatic carbocycles. The monoisotopic (exact) mass is 695 g/mol. The Morgan fingerprint density at radius 1 is 0.913 bits per heavy atom. The molecule has 3 aromatic rings. The number of aryl methyl sites for hydroxylation is 2. The highest BCUT2D eigenvalue weighted by Gasteiger charge is 2.31. The van der Waals surface area contributed by atoms with Crippen molar-refractivity contribution < 1.29 is 53.4 Å². The van der Waals surface area contributed by atoms with Gasteiger partial charge in [-0.3, -0.25) is 19.2 Å². The van der Waals surface area contributed by atoms with Crippen LogP contribution in [-0.4, -0.2) is 102 Å². The number of anilines is 3. The van der Waals surface area contributed by atoms with Crippen LogP contribution < -0.4 is 20.3 Å². The first-order valence-electron chi connectivity index (χ1n) is 12.9. The van der Waals surface area contributed by atoms with Gasteiger partial charge in [0, 0.05) is 51.3 Å². The standard InChI is InChI=1S/C23H24F3N7O3.2CH4O3S/c1-15-3-8-19(27-13-15)32-9-11-33(12-10-32)21(34)20-29-18(14-31(20)2)30-22(35)28-16-4-6-17(7-5-16)36-23(24,25)26;2*1-5(2,3)4/h3-8,13-14H,9-12H2,1-2H3,(H2,28,30,35);2*1H3,(H,2,3,4). The van der Waals surface area contributed by atoms with E-state index in [1.54, 1.807) is 11.9 Å². The van der Waals surface area contributed by atoms with Gasteiger partial charge in [-0.2, -0.15) is 16.8 Å². The van der Waals surface area contributed by atoms with Crippen molar-refractivity contribution in [2.45, 2.75) is 13.3 Å². The summed E-state index contributed by atoms with van der Waals surface area (Å²) >= 11 is 0. The van der Waals surface area contributed by atoms with Crippen LogP contribution in [0.4, 0.5) is 35.3 Å². The maximum Gasteiger partial charge on any atom is 0.573 e. The molecule has 3 amide bonds. The Hall–Kier alpha value is -4.47. The second-order valence-electron chi connectivity index (χ2n) is 9.65. The molecule has 4 N–H and O–H groups in total. The number of amides is 3. The molecule has 1 fully saturated rings. The van der Waals surface area contributed by atoms with Gasteiger partial charge in [-0.25, -0.2) is 14.8 Å². The zero-order chi connectivity index (χ0) is 34.9. The van der Waals surface area contributed by atoms with Crippen molar-refractivity contribution in [2.24, 2.45) is 7.05 Å². The molecule has 0 aliphatic carbocycles. The average molecular weight is 696 g/mol. The van der Waals surface area contributed by atoms with Gasteiger partial charge in [-0.1, -0.05) is 6.07 Å². The van der Waals surface area contributed by atoms with Crippen molar-refractivity contribution in [3.63, 3.8) is 0 Å². The Labute approximate surface area is 262 Å². The number of rotatable bonds is 5. The lowest BCUT2D eigenvalue weighted by molar-refractivity contribution is -0.274. The van der Waals surface area contributed by atoms with E-state index in [0.717, 1.165) is 23.5 Å². The van der Waals surface area contributed by atoms with E-state index in [9.17, 15) is 39.6 Å². The zero-order valence-corrected chi connectivity index (χ0v) is 26.5. The van der Waals surface area contributed by atoms with E-state index in [2.05, 4.69) is 30.2 Å². The van der Waals surface area contributed by atoms with E-state index < -0.39 is 38.4 Å². The van der Waals surface area contributed by atoms with Crippen molar-refractivity contribution >= 4 is 49.5 Å². The van der Waals surface area contributed by atoms with Crippen molar-refractivity contribution in [3.8, 4) is 5.75 Å². The summed E-state index contributed by atoms with van der Waals surface area (Å²) in [5.41, 5.74) is 1.32. The summed E-state index contributed by atoms with van der Waals surface area (Å²) in [6.07, 6.45) is -0.0608. The molecule has 4 rings (SSSR count). The Bertz CT molecular complexity index is 1650. The average Bonchev–Trinajstić information content (AvgIpc) is 3.26. The van der Waals surface area contributed by atoms with Crippen LogP contribution in [-0.2, 0) is 27.3 Å². The van der Waals surface area contributed by atoms with Gasteiger partial charge in [-0.05, 0) is 42.8 Å². The highest BCUT2D eigenvalue weighted by atomic mass is 32.2. The molecule has 0 unspecified atom stereocenters. The Morgan fingerprint density at radius 2 is 1.46 bits per heavy atom. The molecule has 3 heterocycles. The topological polar surface area (TPSA) is 213 Å². The van der Waals surface area contributed by atoms with Crippen LogP contribution in [0.15, 0.2) is 48.8 Å². The van der Waals surface area contributed by atoms with Crippen LogP contribution in [0.25, 0.3) is 0 Å².